The first kappa shape index (κ1) is 11.2. The Morgan fingerprint density at radius 2 is 2.25 bits per heavy atom. The van der Waals surface area contributed by atoms with Gasteiger partial charge in [-0.15, -0.1) is 6.58 Å². The topological polar surface area (TPSA) is 35.5 Å². The minimum absolute atomic E-state index is 0.0338. The summed E-state index contributed by atoms with van der Waals surface area (Å²) in [5, 5.41) is 0. The van der Waals surface area contributed by atoms with E-state index in [0.717, 1.165) is 6.42 Å². The molecule has 0 saturated heterocycles. The van der Waals surface area contributed by atoms with Crippen molar-refractivity contribution in [2.75, 3.05) is 13.2 Å². The monoisotopic (exact) mass is 172 g/mol. The Morgan fingerprint density at radius 3 is 2.75 bits per heavy atom. The van der Waals surface area contributed by atoms with Crippen molar-refractivity contribution in [2.45, 2.75) is 26.4 Å². The predicted octanol–water partition coefficient (Wildman–Crippen LogP) is 1.53. The van der Waals surface area contributed by atoms with Crippen molar-refractivity contribution in [1.82, 2.24) is 0 Å². The van der Waals surface area contributed by atoms with Crippen LogP contribution < -0.4 is 0 Å². The van der Waals surface area contributed by atoms with Gasteiger partial charge in [0, 0.05) is 0 Å². The third kappa shape index (κ3) is 7.28. The van der Waals surface area contributed by atoms with E-state index in [9.17, 15) is 4.79 Å². The maximum atomic E-state index is 10.8. The number of rotatable bonds is 6. The zero-order valence-corrected chi connectivity index (χ0v) is 7.71. The van der Waals surface area contributed by atoms with Gasteiger partial charge in [0.15, 0.2) is 0 Å². The Morgan fingerprint density at radius 1 is 1.58 bits per heavy atom. The molecule has 0 aliphatic carbocycles. The normalized spacial score (nSPS) is 9.92. The van der Waals surface area contributed by atoms with Crippen LogP contribution in [0.5, 0.6) is 0 Å². The van der Waals surface area contributed by atoms with Crippen molar-refractivity contribution in [3.8, 4) is 0 Å². The van der Waals surface area contributed by atoms with Crippen molar-refractivity contribution < 1.29 is 14.3 Å². The number of hydrogen-bond acceptors (Lipinski definition) is 3. The highest BCUT2D eigenvalue weighted by molar-refractivity contribution is 5.70. The van der Waals surface area contributed by atoms with Gasteiger partial charge in [-0.1, -0.05) is 6.08 Å². The summed E-state index contributed by atoms with van der Waals surface area (Å²) in [5.41, 5.74) is 0. The molecule has 0 aromatic carbocycles. The van der Waals surface area contributed by atoms with E-state index >= 15 is 0 Å². The number of carbonyl (C=O) groups is 1. The lowest BCUT2D eigenvalue weighted by Gasteiger charge is -2.07. The lowest BCUT2D eigenvalue weighted by atomic mass is 10.4. The molecule has 0 aliphatic heterocycles. The van der Waals surface area contributed by atoms with Crippen molar-refractivity contribution in [1.29, 1.82) is 0 Å². The SMILES string of the molecule is C=CCCOCC(=O)OC(C)C. The second kappa shape index (κ2) is 6.85. The third-order valence-electron chi connectivity index (χ3n) is 1.05. The van der Waals surface area contributed by atoms with Crippen molar-refractivity contribution in [3.63, 3.8) is 0 Å². The zero-order valence-electron chi connectivity index (χ0n) is 7.71. The van der Waals surface area contributed by atoms with Gasteiger partial charge in [0.1, 0.15) is 6.61 Å². The minimum Gasteiger partial charge on any atom is -0.461 e. The molecule has 0 aromatic rings. The van der Waals surface area contributed by atoms with Gasteiger partial charge in [0.2, 0.25) is 0 Å². The molecule has 0 N–H and O–H groups in total. The molecule has 0 aliphatic rings. The quantitative estimate of drug-likeness (QED) is 0.346. The van der Waals surface area contributed by atoms with Crippen molar-refractivity contribution >= 4 is 5.97 Å². The van der Waals surface area contributed by atoms with E-state index in [1.807, 2.05) is 13.8 Å². The molecule has 0 atom stereocenters. The molecule has 12 heavy (non-hydrogen) atoms. The van der Waals surface area contributed by atoms with Crippen LogP contribution in [0.4, 0.5) is 0 Å². The van der Waals surface area contributed by atoms with E-state index in [-0.39, 0.29) is 18.7 Å². The van der Waals surface area contributed by atoms with E-state index in [2.05, 4.69) is 6.58 Å². The van der Waals surface area contributed by atoms with Crippen LogP contribution in [0.2, 0.25) is 0 Å². The molecule has 0 bridgehead atoms. The fraction of sp³-hybridized carbons (Fsp3) is 0.667. The first-order chi connectivity index (χ1) is 5.66. The molecule has 0 amide bonds. The van der Waals surface area contributed by atoms with E-state index in [1.165, 1.54) is 0 Å². The number of ether oxygens (including phenoxy) is 2. The average Bonchev–Trinajstić information content (AvgIpc) is 1.97. The molecule has 0 saturated carbocycles. The molecular formula is C9H16O3. The Balaban J connectivity index is 3.25. The summed E-state index contributed by atoms with van der Waals surface area (Å²) in [6.07, 6.45) is 2.43. The van der Waals surface area contributed by atoms with Gasteiger partial charge in [0.05, 0.1) is 12.7 Å². The molecule has 0 rings (SSSR count). The Bertz CT molecular complexity index is 141. The molecule has 0 spiro atoms. The fourth-order valence-electron chi connectivity index (χ4n) is 0.619. The van der Waals surface area contributed by atoms with Crippen LogP contribution in [0.1, 0.15) is 20.3 Å². The summed E-state index contributed by atoms with van der Waals surface area (Å²) in [4.78, 5) is 10.8. The minimum atomic E-state index is -0.311. The Labute approximate surface area is 73.4 Å². The first-order valence-corrected chi connectivity index (χ1v) is 4.05. The summed E-state index contributed by atoms with van der Waals surface area (Å²) >= 11 is 0. The van der Waals surface area contributed by atoms with Crippen molar-refractivity contribution in [2.24, 2.45) is 0 Å². The largest absolute Gasteiger partial charge is 0.461 e. The molecule has 3 heteroatoms. The van der Waals surface area contributed by atoms with Crippen LogP contribution in [-0.4, -0.2) is 25.3 Å². The van der Waals surface area contributed by atoms with E-state index < -0.39 is 0 Å². The van der Waals surface area contributed by atoms with Gasteiger partial charge in [-0.25, -0.2) is 4.79 Å². The van der Waals surface area contributed by atoms with Crippen LogP contribution in [0.3, 0.4) is 0 Å². The van der Waals surface area contributed by atoms with Crippen LogP contribution >= 0.6 is 0 Å². The number of hydrogen-bond donors (Lipinski definition) is 0. The molecule has 3 nitrogen and oxygen atoms in total. The summed E-state index contributed by atoms with van der Waals surface area (Å²) < 4.78 is 9.83. The standard InChI is InChI=1S/C9H16O3/c1-4-5-6-11-7-9(10)12-8(2)3/h4,8H,1,5-7H2,2-3H3. The lowest BCUT2D eigenvalue weighted by molar-refractivity contribution is -0.152. The summed E-state index contributed by atoms with van der Waals surface area (Å²) in [6, 6.07) is 0. The molecular weight excluding hydrogens is 156 g/mol. The molecule has 0 fully saturated rings. The molecule has 0 radical (unpaired) electrons. The number of esters is 1. The second-order valence-electron chi connectivity index (χ2n) is 2.67. The molecule has 0 unspecified atom stereocenters. The van der Waals surface area contributed by atoms with Crippen molar-refractivity contribution in [3.05, 3.63) is 12.7 Å². The van der Waals surface area contributed by atoms with Gasteiger partial charge >= 0.3 is 5.97 Å². The summed E-state index contributed by atoms with van der Waals surface area (Å²) in [7, 11) is 0. The highest BCUT2D eigenvalue weighted by Crippen LogP contribution is 1.90. The molecule has 70 valence electrons. The van der Waals surface area contributed by atoms with Crippen LogP contribution in [0.15, 0.2) is 12.7 Å². The van der Waals surface area contributed by atoms with Gasteiger partial charge in [-0.2, -0.15) is 0 Å². The first-order valence-electron chi connectivity index (χ1n) is 4.05. The smallest absolute Gasteiger partial charge is 0.332 e. The summed E-state index contributed by atoms with van der Waals surface area (Å²) in [5.74, 6) is -0.311. The van der Waals surface area contributed by atoms with Crippen LogP contribution in [0, 0.1) is 0 Å². The van der Waals surface area contributed by atoms with Gasteiger partial charge in [-0.3, -0.25) is 0 Å². The van der Waals surface area contributed by atoms with Gasteiger partial charge in [0.25, 0.3) is 0 Å². The predicted molar refractivity (Wildman–Crippen MR) is 46.9 cm³/mol. The molecule has 0 heterocycles. The van der Waals surface area contributed by atoms with Gasteiger partial charge < -0.3 is 9.47 Å². The molecule has 0 aromatic heterocycles. The Hall–Kier alpha value is -0.830. The zero-order chi connectivity index (χ0) is 9.40. The Kier molecular flexibility index (Phi) is 6.38. The maximum Gasteiger partial charge on any atom is 0.332 e. The third-order valence-corrected chi connectivity index (χ3v) is 1.05. The van der Waals surface area contributed by atoms with Crippen LogP contribution in [0.25, 0.3) is 0 Å². The second-order valence-corrected chi connectivity index (χ2v) is 2.67. The van der Waals surface area contributed by atoms with Gasteiger partial charge in [-0.05, 0) is 20.3 Å². The van der Waals surface area contributed by atoms with E-state index in [1.54, 1.807) is 6.08 Å². The fourth-order valence-corrected chi connectivity index (χ4v) is 0.619. The highest BCUT2D eigenvalue weighted by atomic mass is 16.6. The van der Waals surface area contributed by atoms with E-state index in [4.69, 9.17) is 9.47 Å². The number of carbonyl (C=O) groups excluding carboxylic acids is 1. The highest BCUT2D eigenvalue weighted by Gasteiger charge is 2.03. The average molecular weight is 172 g/mol. The van der Waals surface area contributed by atoms with Crippen LogP contribution in [-0.2, 0) is 14.3 Å². The lowest BCUT2D eigenvalue weighted by Crippen LogP contribution is -2.17. The summed E-state index contributed by atoms with van der Waals surface area (Å²) in [6.45, 7) is 7.70. The maximum absolute atomic E-state index is 10.8. The van der Waals surface area contributed by atoms with E-state index in [0.29, 0.717) is 6.61 Å².